The molecule has 98 valence electrons. The lowest BCUT2D eigenvalue weighted by molar-refractivity contribution is -0.387. The Hall–Kier alpha value is -2.77. The van der Waals surface area contributed by atoms with Crippen molar-refractivity contribution < 1.29 is 9.31 Å². The maximum Gasteiger partial charge on any atom is 0.328 e. The average molecular weight is 265 g/mol. The summed E-state index contributed by atoms with van der Waals surface area (Å²) < 4.78 is 14.8. The molecule has 0 amide bonds. The van der Waals surface area contributed by atoms with Crippen molar-refractivity contribution in [3.8, 4) is 0 Å². The van der Waals surface area contributed by atoms with Crippen molar-refractivity contribution in [1.29, 1.82) is 0 Å². The first-order chi connectivity index (χ1) is 8.99. The van der Waals surface area contributed by atoms with Crippen LogP contribution in [0.5, 0.6) is 0 Å². The zero-order chi connectivity index (χ0) is 14.0. The number of halogens is 1. The number of aromatic nitrogens is 2. The second-order valence-corrected chi connectivity index (χ2v) is 3.75. The van der Waals surface area contributed by atoms with E-state index in [9.17, 15) is 24.1 Å². The number of hydrogen-bond donors (Lipinski definition) is 1. The van der Waals surface area contributed by atoms with E-state index in [1.54, 1.807) is 0 Å². The fraction of sp³-hybridized carbons (Fsp3) is 0.0909. The van der Waals surface area contributed by atoms with Gasteiger partial charge in [0.25, 0.3) is 5.56 Å². The third-order valence-corrected chi connectivity index (χ3v) is 2.49. The molecule has 0 aliphatic rings. The Kier molecular flexibility index (Phi) is 3.23. The summed E-state index contributed by atoms with van der Waals surface area (Å²) >= 11 is 0. The zero-order valence-electron chi connectivity index (χ0n) is 9.50. The number of nitro groups is 1. The van der Waals surface area contributed by atoms with Gasteiger partial charge in [0, 0.05) is 23.9 Å². The first-order valence-corrected chi connectivity index (χ1v) is 5.20. The highest BCUT2D eigenvalue weighted by atomic mass is 19.1. The smallest absolute Gasteiger partial charge is 0.296 e. The van der Waals surface area contributed by atoms with Crippen molar-refractivity contribution in [2.75, 3.05) is 0 Å². The number of nitrogens with one attached hydrogen (secondary N) is 1. The summed E-state index contributed by atoms with van der Waals surface area (Å²) in [6.07, 6.45) is 1.19. The molecule has 1 heterocycles. The van der Waals surface area contributed by atoms with E-state index in [4.69, 9.17) is 0 Å². The van der Waals surface area contributed by atoms with Crippen LogP contribution in [0.2, 0.25) is 0 Å². The van der Waals surface area contributed by atoms with Gasteiger partial charge in [-0.3, -0.25) is 24.5 Å². The van der Waals surface area contributed by atoms with Crippen LogP contribution in [0.3, 0.4) is 0 Å². The Morgan fingerprint density at radius 3 is 2.68 bits per heavy atom. The van der Waals surface area contributed by atoms with Crippen LogP contribution in [0.15, 0.2) is 40.1 Å². The molecule has 0 unspecified atom stereocenters. The molecule has 19 heavy (non-hydrogen) atoms. The molecular formula is C11H8FN3O4. The minimum absolute atomic E-state index is 0.0108. The molecule has 1 aromatic carbocycles. The number of nitro benzene ring substituents is 1. The lowest BCUT2D eigenvalue weighted by Gasteiger charge is -2.05. The molecule has 1 aromatic heterocycles. The zero-order valence-corrected chi connectivity index (χ0v) is 9.50. The molecule has 0 saturated carbocycles. The van der Waals surface area contributed by atoms with E-state index in [1.807, 2.05) is 4.98 Å². The molecule has 2 rings (SSSR count). The fourth-order valence-corrected chi connectivity index (χ4v) is 1.58. The van der Waals surface area contributed by atoms with Gasteiger partial charge in [0.1, 0.15) is 0 Å². The van der Waals surface area contributed by atoms with Gasteiger partial charge in [0.05, 0.1) is 11.5 Å². The number of hydrogen-bond acceptors (Lipinski definition) is 4. The Labute approximate surface area is 105 Å². The first-order valence-electron chi connectivity index (χ1n) is 5.20. The highest BCUT2D eigenvalue weighted by Crippen LogP contribution is 2.20. The summed E-state index contributed by atoms with van der Waals surface area (Å²) in [7, 11) is 0. The molecular weight excluding hydrogens is 257 g/mol. The van der Waals surface area contributed by atoms with Crippen LogP contribution in [-0.4, -0.2) is 14.5 Å². The van der Waals surface area contributed by atoms with Crippen LogP contribution in [0.25, 0.3) is 0 Å². The van der Waals surface area contributed by atoms with E-state index in [0.717, 1.165) is 16.7 Å². The largest absolute Gasteiger partial charge is 0.328 e. The highest BCUT2D eigenvalue weighted by Gasteiger charge is 2.17. The maximum atomic E-state index is 13.8. The van der Waals surface area contributed by atoms with Crippen molar-refractivity contribution in [3.63, 3.8) is 0 Å². The third-order valence-electron chi connectivity index (χ3n) is 2.49. The van der Waals surface area contributed by atoms with Gasteiger partial charge in [-0.25, -0.2) is 4.79 Å². The number of nitrogens with zero attached hydrogens (tertiary/aromatic N) is 2. The second kappa shape index (κ2) is 4.84. The van der Waals surface area contributed by atoms with Gasteiger partial charge >= 0.3 is 11.4 Å². The van der Waals surface area contributed by atoms with Gasteiger partial charge in [-0.05, 0) is 0 Å². The standard InChI is InChI=1S/C11H8FN3O4/c12-10-7(2-1-3-8(10)15(18)19)6-14-5-4-9(16)13-11(14)17/h1-5H,6H2,(H,13,16,17). The van der Waals surface area contributed by atoms with Gasteiger partial charge in [0.15, 0.2) is 0 Å². The highest BCUT2D eigenvalue weighted by molar-refractivity contribution is 5.36. The molecule has 1 N–H and O–H groups in total. The van der Waals surface area contributed by atoms with E-state index in [1.165, 1.54) is 18.3 Å². The van der Waals surface area contributed by atoms with E-state index in [0.29, 0.717) is 0 Å². The van der Waals surface area contributed by atoms with Crippen LogP contribution in [0.1, 0.15) is 5.56 Å². The van der Waals surface area contributed by atoms with Gasteiger partial charge in [-0.15, -0.1) is 0 Å². The summed E-state index contributed by atoms with van der Waals surface area (Å²) in [6.45, 7) is -0.205. The van der Waals surface area contributed by atoms with Gasteiger partial charge in [-0.2, -0.15) is 4.39 Å². The predicted molar refractivity (Wildman–Crippen MR) is 63.5 cm³/mol. The topological polar surface area (TPSA) is 98.0 Å². The Morgan fingerprint density at radius 1 is 1.32 bits per heavy atom. The SMILES string of the molecule is O=c1ccn(Cc2cccc([N+](=O)[O-])c2F)c(=O)[nH]1. The quantitative estimate of drug-likeness (QED) is 0.650. The molecule has 0 radical (unpaired) electrons. The molecule has 0 spiro atoms. The summed E-state index contributed by atoms with van der Waals surface area (Å²) in [6, 6.07) is 4.80. The van der Waals surface area contributed by atoms with E-state index in [-0.39, 0.29) is 12.1 Å². The molecule has 0 aliphatic carbocycles. The Bertz CT molecular complexity index is 750. The van der Waals surface area contributed by atoms with Crippen molar-refractivity contribution in [3.05, 3.63) is 72.8 Å². The molecule has 0 saturated heterocycles. The van der Waals surface area contributed by atoms with Crippen molar-refractivity contribution in [1.82, 2.24) is 9.55 Å². The first kappa shape index (κ1) is 12.7. The summed E-state index contributed by atoms with van der Waals surface area (Å²) in [5.74, 6) is -0.995. The molecule has 0 bridgehead atoms. The minimum Gasteiger partial charge on any atom is -0.296 e. The number of aromatic amines is 1. The van der Waals surface area contributed by atoms with Crippen LogP contribution >= 0.6 is 0 Å². The molecule has 0 fully saturated rings. The average Bonchev–Trinajstić information content (AvgIpc) is 2.34. The normalized spacial score (nSPS) is 10.4. The molecule has 0 aliphatic heterocycles. The minimum atomic E-state index is -0.995. The monoisotopic (exact) mass is 265 g/mol. The molecule has 2 aromatic rings. The van der Waals surface area contributed by atoms with E-state index < -0.39 is 27.7 Å². The van der Waals surface area contributed by atoms with Gasteiger partial charge < -0.3 is 0 Å². The molecule has 0 atom stereocenters. The molecule has 7 nitrogen and oxygen atoms in total. The van der Waals surface area contributed by atoms with Crippen LogP contribution in [-0.2, 0) is 6.54 Å². The van der Waals surface area contributed by atoms with Crippen molar-refractivity contribution in [2.24, 2.45) is 0 Å². The van der Waals surface area contributed by atoms with Crippen molar-refractivity contribution in [2.45, 2.75) is 6.54 Å². The number of benzene rings is 1. The summed E-state index contributed by atoms with van der Waals surface area (Å²) in [5.41, 5.74) is -1.95. The summed E-state index contributed by atoms with van der Waals surface area (Å²) in [5, 5.41) is 10.6. The lowest BCUT2D eigenvalue weighted by atomic mass is 10.2. The predicted octanol–water partition coefficient (Wildman–Crippen LogP) is 0.632. The van der Waals surface area contributed by atoms with Crippen LogP contribution < -0.4 is 11.2 Å². The van der Waals surface area contributed by atoms with Gasteiger partial charge in [-0.1, -0.05) is 12.1 Å². The number of H-pyrrole nitrogens is 1. The Balaban J connectivity index is 2.44. The molecule has 8 heteroatoms. The van der Waals surface area contributed by atoms with E-state index in [2.05, 4.69) is 0 Å². The fourth-order valence-electron chi connectivity index (χ4n) is 1.58. The van der Waals surface area contributed by atoms with Crippen LogP contribution in [0, 0.1) is 15.9 Å². The van der Waals surface area contributed by atoms with E-state index >= 15 is 0 Å². The van der Waals surface area contributed by atoms with Crippen LogP contribution in [0.4, 0.5) is 10.1 Å². The van der Waals surface area contributed by atoms with Crippen molar-refractivity contribution >= 4 is 5.69 Å². The lowest BCUT2D eigenvalue weighted by Crippen LogP contribution is -2.29. The Morgan fingerprint density at radius 2 is 2.05 bits per heavy atom. The van der Waals surface area contributed by atoms with Gasteiger partial charge in [0.2, 0.25) is 5.82 Å². The number of rotatable bonds is 3. The second-order valence-electron chi connectivity index (χ2n) is 3.75. The summed E-state index contributed by atoms with van der Waals surface area (Å²) in [4.78, 5) is 34.1. The third kappa shape index (κ3) is 2.57. The maximum absolute atomic E-state index is 13.8.